The van der Waals surface area contributed by atoms with Crippen LogP contribution in [-0.4, -0.2) is 63.9 Å². The van der Waals surface area contributed by atoms with E-state index in [0.29, 0.717) is 49.9 Å². The molecule has 1 atom stereocenters. The molecule has 0 unspecified atom stereocenters. The molecule has 1 aromatic carbocycles. The van der Waals surface area contributed by atoms with Gasteiger partial charge in [0.15, 0.2) is 5.69 Å². The molecule has 2 aromatic rings. The molecule has 2 fully saturated rings. The van der Waals surface area contributed by atoms with E-state index in [1.54, 1.807) is 9.80 Å². The number of amides is 3. The highest BCUT2D eigenvalue weighted by molar-refractivity contribution is 6.05. The van der Waals surface area contributed by atoms with Gasteiger partial charge in [-0.1, -0.05) is 30.3 Å². The summed E-state index contributed by atoms with van der Waals surface area (Å²) in [5.41, 5.74) is 1.58. The molecule has 38 heavy (non-hydrogen) atoms. The van der Waals surface area contributed by atoms with Crippen LogP contribution < -0.4 is 10.2 Å². The summed E-state index contributed by atoms with van der Waals surface area (Å²) in [5, 5.41) is 7.76. The first-order chi connectivity index (χ1) is 18.2. The molecule has 1 saturated carbocycles. The summed E-state index contributed by atoms with van der Waals surface area (Å²) in [6.07, 6.45) is 6.82. The van der Waals surface area contributed by atoms with Gasteiger partial charge in [0.1, 0.15) is 5.60 Å². The Balaban J connectivity index is 1.22. The van der Waals surface area contributed by atoms with Crippen LogP contribution >= 0.6 is 0 Å². The summed E-state index contributed by atoms with van der Waals surface area (Å²) in [6.45, 7) is 8.12. The lowest BCUT2D eigenvalue weighted by atomic mass is 9.94. The van der Waals surface area contributed by atoms with E-state index in [4.69, 9.17) is 4.74 Å². The van der Waals surface area contributed by atoms with Crippen LogP contribution in [0.5, 0.6) is 0 Å². The van der Waals surface area contributed by atoms with Crippen LogP contribution in [0.25, 0.3) is 0 Å². The topological polar surface area (TPSA) is 96.8 Å². The van der Waals surface area contributed by atoms with E-state index in [2.05, 4.69) is 10.4 Å². The minimum atomic E-state index is -0.491. The number of rotatable bonds is 6. The van der Waals surface area contributed by atoms with Crippen LogP contribution in [0, 0.1) is 11.8 Å². The van der Waals surface area contributed by atoms with Crippen LogP contribution in [0.1, 0.15) is 68.9 Å². The molecule has 1 saturated heterocycles. The zero-order chi connectivity index (χ0) is 26.9. The first-order valence-corrected chi connectivity index (χ1v) is 13.9. The molecular weight excluding hydrogens is 482 g/mol. The summed E-state index contributed by atoms with van der Waals surface area (Å²) in [6, 6.07) is 9.86. The lowest BCUT2D eigenvalue weighted by Crippen LogP contribution is -2.44. The van der Waals surface area contributed by atoms with Gasteiger partial charge in [-0.15, -0.1) is 0 Å². The normalized spacial score (nSPS) is 20.5. The Hall–Kier alpha value is -3.36. The lowest BCUT2D eigenvalue weighted by molar-refractivity contribution is -0.119. The predicted molar refractivity (Wildman–Crippen MR) is 144 cm³/mol. The first kappa shape index (κ1) is 26.3. The second-order valence-electron chi connectivity index (χ2n) is 11.9. The Morgan fingerprint density at radius 3 is 2.45 bits per heavy atom. The van der Waals surface area contributed by atoms with Gasteiger partial charge >= 0.3 is 6.09 Å². The fourth-order valence-electron chi connectivity index (χ4n) is 5.32. The van der Waals surface area contributed by atoms with Crippen LogP contribution in [0.15, 0.2) is 36.5 Å². The minimum absolute atomic E-state index is 0.0481. The van der Waals surface area contributed by atoms with Crippen LogP contribution in [0.4, 0.5) is 10.5 Å². The number of likely N-dealkylation sites (tertiary alicyclic amines) is 1. The van der Waals surface area contributed by atoms with Crippen molar-refractivity contribution in [2.75, 3.05) is 24.5 Å². The third kappa shape index (κ3) is 6.37. The van der Waals surface area contributed by atoms with Crippen molar-refractivity contribution in [1.29, 1.82) is 0 Å². The molecule has 204 valence electrons. The number of carbonyl (C=O) groups excluding carboxylic acids is 3. The number of aryl methyl sites for hydroxylation is 1. The van der Waals surface area contributed by atoms with E-state index >= 15 is 0 Å². The zero-order valence-electron chi connectivity index (χ0n) is 22.7. The molecule has 5 rings (SSSR count). The maximum Gasteiger partial charge on any atom is 0.410 e. The predicted octanol–water partition coefficient (Wildman–Crippen LogP) is 4.02. The minimum Gasteiger partial charge on any atom is -0.444 e. The number of benzene rings is 1. The molecule has 0 radical (unpaired) electrons. The van der Waals surface area contributed by atoms with Crippen LogP contribution in [-0.2, 0) is 22.5 Å². The average molecular weight is 522 g/mol. The summed E-state index contributed by atoms with van der Waals surface area (Å²) in [4.78, 5) is 42.4. The third-order valence-electron chi connectivity index (χ3n) is 7.54. The number of nitrogens with zero attached hydrogens (tertiary/aromatic N) is 4. The van der Waals surface area contributed by atoms with Gasteiger partial charge in [0.25, 0.3) is 5.91 Å². The average Bonchev–Trinajstić information content (AvgIpc) is 3.66. The molecule has 9 nitrogen and oxygen atoms in total. The van der Waals surface area contributed by atoms with Gasteiger partial charge < -0.3 is 19.9 Å². The third-order valence-corrected chi connectivity index (χ3v) is 7.54. The van der Waals surface area contributed by atoms with Crippen molar-refractivity contribution in [3.05, 3.63) is 47.8 Å². The van der Waals surface area contributed by atoms with Gasteiger partial charge in [0, 0.05) is 38.3 Å². The van der Waals surface area contributed by atoms with E-state index in [1.165, 1.54) is 0 Å². The summed E-state index contributed by atoms with van der Waals surface area (Å²) >= 11 is 0. The van der Waals surface area contributed by atoms with Crippen molar-refractivity contribution >= 4 is 23.6 Å². The SMILES string of the molecule is CC(C)(C)OC(=O)N1CCC(CCn2cc3c(n2)C(=O)N[C@@H](Cc2ccccc2)CN3C(=O)C2CC2)CC1. The van der Waals surface area contributed by atoms with Gasteiger partial charge in [-0.05, 0) is 70.8 Å². The molecule has 1 aromatic heterocycles. The number of anilines is 1. The smallest absolute Gasteiger partial charge is 0.410 e. The standard InChI is InChI=1S/C29H39N5O4/c1-29(2,3)38-28(37)32-14-11-20(12-15-32)13-16-33-19-24-25(31-33)26(35)30-23(17-21-7-5-4-6-8-21)18-34(24)27(36)22-9-10-22/h4-8,19-20,22-23H,9-18H2,1-3H3,(H,30,35)/t23-/m0/s1. The molecule has 1 aliphatic carbocycles. The Morgan fingerprint density at radius 1 is 1.08 bits per heavy atom. The van der Waals surface area contributed by atoms with Crippen molar-refractivity contribution < 1.29 is 19.1 Å². The molecule has 3 amide bonds. The van der Waals surface area contributed by atoms with Crippen molar-refractivity contribution in [2.24, 2.45) is 11.8 Å². The largest absolute Gasteiger partial charge is 0.444 e. The Bertz CT molecular complexity index is 1160. The zero-order valence-corrected chi connectivity index (χ0v) is 22.7. The summed E-state index contributed by atoms with van der Waals surface area (Å²) in [5.74, 6) is 0.379. The lowest BCUT2D eigenvalue weighted by Gasteiger charge is -2.33. The second-order valence-corrected chi connectivity index (χ2v) is 11.9. The molecule has 0 spiro atoms. The highest BCUT2D eigenvalue weighted by Crippen LogP contribution is 2.35. The fourth-order valence-corrected chi connectivity index (χ4v) is 5.32. The van der Waals surface area contributed by atoms with E-state index in [-0.39, 0.29) is 29.9 Å². The van der Waals surface area contributed by atoms with Crippen LogP contribution in [0.3, 0.4) is 0 Å². The van der Waals surface area contributed by atoms with Crippen LogP contribution in [0.2, 0.25) is 0 Å². The monoisotopic (exact) mass is 521 g/mol. The Morgan fingerprint density at radius 2 is 1.79 bits per heavy atom. The number of hydrogen-bond donors (Lipinski definition) is 1. The van der Waals surface area contributed by atoms with Crippen molar-refractivity contribution in [3.63, 3.8) is 0 Å². The molecule has 9 heteroatoms. The number of nitrogens with one attached hydrogen (secondary N) is 1. The van der Waals surface area contributed by atoms with E-state index in [0.717, 1.165) is 37.7 Å². The second kappa shape index (κ2) is 10.8. The van der Waals surface area contributed by atoms with Gasteiger partial charge in [0.2, 0.25) is 5.91 Å². The van der Waals surface area contributed by atoms with Gasteiger partial charge in [-0.2, -0.15) is 5.10 Å². The summed E-state index contributed by atoms with van der Waals surface area (Å²) in [7, 11) is 0. The summed E-state index contributed by atoms with van der Waals surface area (Å²) < 4.78 is 7.32. The first-order valence-electron chi connectivity index (χ1n) is 13.9. The molecule has 0 bridgehead atoms. The molecule has 3 heterocycles. The number of piperidine rings is 1. The maximum atomic E-state index is 13.3. The number of hydrogen-bond acceptors (Lipinski definition) is 5. The molecule has 3 aliphatic rings. The highest BCUT2D eigenvalue weighted by atomic mass is 16.6. The van der Waals surface area contributed by atoms with Gasteiger partial charge in [-0.25, -0.2) is 4.79 Å². The Labute approximate surface area is 224 Å². The fraction of sp³-hybridized carbons (Fsp3) is 0.586. The molecule has 2 aliphatic heterocycles. The van der Waals surface area contributed by atoms with Gasteiger partial charge in [-0.3, -0.25) is 14.3 Å². The number of ether oxygens (including phenoxy) is 1. The molecular formula is C29H39N5O4. The van der Waals surface area contributed by atoms with E-state index in [1.807, 2.05) is 62.0 Å². The highest BCUT2D eigenvalue weighted by Gasteiger charge is 2.39. The van der Waals surface area contributed by atoms with Gasteiger partial charge in [0.05, 0.1) is 11.7 Å². The number of fused-ring (bicyclic) bond motifs is 1. The quantitative estimate of drug-likeness (QED) is 0.619. The van der Waals surface area contributed by atoms with Crippen molar-refractivity contribution in [3.8, 4) is 0 Å². The Kier molecular flexibility index (Phi) is 7.45. The van der Waals surface area contributed by atoms with Crippen molar-refractivity contribution in [2.45, 2.75) is 77.5 Å². The van der Waals surface area contributed by atoms with Crippen molar-refractivity contribution in [1.82, 2.24) is 20.0 Å². The number of aromatic nitrogens is 2. The molecule has 1 N–H and O–H groups in total. The number of carbonyl (C=O) groups is 3. The van der Waals surface area contributed by atoms with E-state index < -0.39 is 5.60 Å². The maximum absolute atomic E-state index is 13.3. The van der Waals surface area contributed by atoms with E-state index in [9.17, 15) is 14.4 Å².